The van der Waals surface area contributed by atoms with Crippen molar-refractivity contribution in [3.8, 4) is 0 Å². The van der Waals surface area contributed by atoms with Crippen molar-refractivity contribution >= 4 is 5.91 Å². The van der Waals surface area contributed by atoms with E-state index in [1.165, 1.54) is 5.48 Å². The number of carbonyl (C=O) groups excluding carboxylic acids is 1. The van der Waals surface area contributed by atoms with E-state index in [2.05, 4.69) is 5.32 Å². The van der Waals surface area contributed by atoms with Gasteiger partial charge < -0.3 is 5.32 Å². The second kappa shape index (κ2) is 3.32. The van der Waals surface area contributed by atoms with Crippen LogP contribution in [0.3, 0.4) is 0 Å². The van der Waals surface area contributed by atoms with E-state index >= 15 is 0 Å². The quantitative estimate of drug-likeness (QED) is 0.384. The topological polar surface area (TPSA) is 61.4 Å². The summed E-state index contributed by atoms with van der Waals surface area (Å²) in [6.07, 6.45) is 0.0411. The molecule has 1 atom stereocenters. The molecule has 1 saturated heterocycles. The molecule has 0 bridgehead atoms. The fourth-order valence-corrected chi connectivity index (χ4v) is 1.24. The molecule has 12 heavy (non-hydrogen) atoms. The van der Waals surface area contributed by atoms with E-state index in [1.807, 2.05) is 0 Å². The summed E-state index contributed by atoms with van der Waals surface area (Å²) in [5, 5.41) is 10.6. The molecule has 0 spiro atoms. The largest absolute Gasteiger partial charge is 0.311 e. The maximum Gasteiger partial charge on any atom is 0.271 e. The number of piperidine rings is 1. The summed E-state index contributed by atoms with van der Waals surface area (Å²) in [4.78, 5) is 10.7. The summed E-state index contributed by atoms with van der Waals surface area (Å²) in [5.41, 5.74) is 1.24. The molecule has 0 saturated carbocycles. The zero-order chi connectivity index (χ0) is 9.19. The Morgan fingerprint density at radius 1 is 1.67 bits per heavy atom. The molecule has 1 aliphatic heterocycles. The predicted octanol–water partition coefficient (Wildman–Crippen LogP) is -0.263. The lowest BCUT2D eigenvalue weighted by Gasteiger charge is -2.29. The summed E-state index contributed by atoms with van der Waals surface area (Å²) < 4.78 is 25.7. The van der Waals surface area contributed by atoms with Gasteiger partial charge in [-0.25, -0.2) is 14.3 Å². The Morgan fingerprint density at radius 3 is 2.83 bits per heavy atom. The van der Waals surface area contributed by atoms with E-state index in [0.29, 0.717) is 6.54 Å². The van der Waals surface area contributed by atoms with Gasteiger partial charge in [0.2, 0.25) is 0 Å². The van der Waals surface area contributed by atoms with Crippen LogP contribution in [0.2, 0.25) is 0 Å². The van der Waals surface area contributed by atoms with Crippen molar-refractivity contribution in [2.24, 2.45) is 5.92 Å². The highest BCUT2D eigenvalue weighted by atomic mass is 19.3. The van der Waals surface area contributed by atoms with Crippen LogP contribution in [0.15, 0.2) is 0 Å². The number of hydrogen-bond donors (Lipinski definition) is 3. The molecular formula is C6H10F2N2O2. The number of amides is 1. The highest BCUT2D eigenvalue weighted by Gasteiger charge is 2.45. The maximum absolute atomic E-state index is 12.9. The average molecular weight is 180 g/mol. The van der Waals surface area contributed by atoms with E-state index in [0.717, 1.165) is 0 Å². The SMILES string of the molecule is O=C(NO)C1CCNCC1(F)F. The first-order valence-corrected chi connectivity index (χ1v) is 3.60. The van der Waals surface area contributed by atoms with Gasteiger partial charge in [0.25, 0.3) is 11.8 Å². The van der Waals surface area contributed by atoms with Crippen LogP contribution in [-0.4, -0.2) is 30.1 Å². The fourth-order valence-electron chi connectivity index (χ4n) is 1.24. The van der Waals surface area contributed by atoms with Crippen molar-refractivity contribution in [2.45, 2.75) is 12.3 Å². The lowest BCUT2D eigenvalue weighted by atomic mass is 9.93. The first-order chi connectivity index (χ1) is 5.58. The first-order valence-electron chi connectivity index (χ1n) is 3.60. The second-order valence-corrected chi connectivity index (χ2v) is 2.76. The van der Waals surface area contributed by atoms with Crippen LogP contribution in [0.25, 0.3) is 0 Å². The molecule has 0 aromatic rings. The molecule has 1 aliphatic rings. The molecule has 0 aromatic heterocycles. The molecule has 4 nitrogen and oxygen atoms in total. The number of carbonyl (C=O) groups is 1. The van der Waals surface area contributed by atoms with E-state index in [4.69, 9.17) is 5.21 Å². The van der Waals surface area contributed by atoms with Crippen LogP contribution in [0.1, 0.15) is 6.42 Å². The molecule has 1 unspecified atom stereocenters. The minimum atomic E-state index is -3.06. The average Bonchev–Trinajstić information content (AvgIpc) is 2.02. The van der Waals surface area contributed by atoms with Gasteiger partial charge >= 0.3 is 0 Å². The summed E-state index contributed by atoms with van der Waals surface area (Å²) in [7, 11) is 0. The lowest BCUT2D eigenvalue weighted by molar-refractivity contribution is -0.151. The minimum absolute atomic E-state index is 0.0411. The van der Waals surface area contributed by atoms with Gasteiger partial charge in [-0.1, -0.05) is 0 Å². The van der Waals surface area contributed by atoms with Crippen molar-refractivity contribution in [1.29, 1.82) is 0 Å². The van der Waals surface area contributed by atoms with Crippen molar-refractivity contribution in [3.63, 3.8) is 0 Å². The molecule has 0 radical (unpaired) electrons. The molecule has 0 aromatic carbocycles. The zero-order valence-electron chi connectivity index (χ0n) is 6.31. The number of alkyl halides is 2. The minimum Gasteiger partial charge on any atom is -0.311 e. The van der Waals surface area contributed by atoms with E-state index in [9.17, 15) is 13.6 Å². The Kier molecular flexibility index (Phi) is 2.58. The van der Waals surface area contributed by atoms with Crippen LogP contribution >= 0.6 is 0 Å². The Morgan fingerprint density at radius 2 is 2.33 bits per heavy atom. The fraction of sp³-hybridized carbons (Fsp3) is 0.833. The molecule has 1 fully saturated rings. The monoisotopic (exact) mass is 180 g/mol. The van der Waals surface area contributed by atoms with Crippen molar-refractivity contribution in [1.82, 2.24) is 10.8 Å². The molecule has 0 aliphatic carbocycles. The number of rotatable bonds is 1. The highest BCUT2D eigenvalue weighted by Crippen LogP contribution is 2.29. The van der Waals surface area contributed by atoms with Gasteiger partial charge in [0, 0.05) is 0 Å². The van der Waals surface area contributed by atoms with Crippen molar-refractivity contribution < 1.29 is 18.8 Å². The second-order valence-electron chi connectivity index (χ2n) is 2.76. The van der Waals surface area contributed by atoms with Gasteiger partial charge in [-0.05, 0) is 13.0 Å². The van der Waals surface area contributed by atoms with E-state index in [1.54, 1.807) is 0 Å². The normalized spacial score (nSPS) is 28.1. The van der Waals surface area contributed by atoms with Crippen LogP contribution in [-0.2, 0) is 4.79 Å². The van der Waals surface area contributed by atoms with Gasteiger partial charge in [-0.3, -0.25) is 10.0 Å². The first kappa shape index (κ1) is 9.34. The molecule has 3 N–H and O–H groups in total. The molecule has 70 valence electrons. The van der Waals surface area contributed by atoms with Crippen LogP contribution in [0.5, 0.6) is 0 Å². The van der Waals surface area contributed by atoms with E-state index < -0.39 is 24.3 Å². The van der Waals surface area contributed by atoms with Crippen LogP contribution in [0.4, 0.5) is 8.78 Å². The van der Waals surface area contributed by atoms with Crippen molar-refractivity contribution in [3.05, 3.63) is 0 Å². The highest BCUT2D eigenvalue weighted by molar-refractivity contribution is 5.78. The molecule has 1 amide bonds. The third-order valence-corrected chi connectivity index (χ3v) is 1.91. The Labute approximate surface area is 67.9 Å². The van der Waals surface area contributed by atoms with Gasteiger partial charge in [0.05, 0.1) is 6.54 Å². The summed E-state index contributed by atoms with van der Waals surface area (Å²) in [6.45, 7) is -0.140. The standard InChI is InChI=1S/C6H10F2N2O2/c7-6(8)3-9-2-1-4(6)5(11)10-12/h4,9,12H,1-3H2,(H,10,11). The number of hydrogen-bond acceptors (Lipinski definition) is 3. The Bertz CT molecular complexity index is 186. The number of halogens is 2. The Balaban J connectivity index is 2.66. The summed E-state index contributed by atoms with van der Waals surface area (Å²) in [5.74, 6) is -5.49. The maximum atomic E-state index is 12.9. The molecule has 1 rings (SSSR count). The van der Waals surface area contributed by atoms with E-state index in [-0.39, 0.29) is 6.42 Å². The predicted molar refractivity (Wildman–Crippen MR) is 35.9 cm³/mol. The molecule has 6 heteroatoms. The Hall–Kier alpha value is -0.750. The zero-order valence-corrected chi connectivity index (χ0v) is 6.31. The smallest absolute Gasteiger partial charge is 0.271 e. The summed E-state index contributed by atoms with van der Waals surface area (Å²) >= 11 is 0. The van der Waals surface area contributed by atoms with Crippen molar-refractivity contribution in [2.75, 3.05) is 13.1 Å². The van der Waals surface area contributed by atoms with Gasteiger partial charge in [0.15, 0.2) is 0 Å². The molecule has 1 heterocycles. The van der Waals surface area contributed by atoms with Gasteiger partial charge in [0.1, 0.15) is 5.92 Å². The third-order valence-electron chi connectivity index (χ3n) is 1.91. The van der Waals surface area contributed by atoms with Gasteiger partial charge in [-0.15, -0.1) is 0 Å². The number of nitrogens with one attached hydrogen (secondary N) is 2. The molecular weight excluding hydrogens is 170 g/mol. The third kappa shape index (κ3) is 1.70. The number of hydroxylamine groups is 1. The van der Waals surface area contributed by atoms with Gasteiger partial charge in [-0.2, -0.15) is 0 Å². The lowest BCUT2D eigenvalue weighted by Crippen LogP contribution is -2.51. The van der Waals surface area contributed by atoms with Crippen LogP contribution < -0.4 is 10.8 Å². The summed E-state index contributed by atoms with van der Waals surface area (Å²) in [6, 6.07) is 0. The van der Waals surface area contributed by atoms with Crippen LogP contribution in [0, 0.1) is 5.92 Å².